The predicted molar refractivity (Wildman–Crippen MR) is 100 cm³/mol. The molecule has 0 saturated carbocycles. The SMILES string of the molecule is CC(=O)N1CCC2(CC1)CCn1nc(-c3cnc4[nH]cc(Cl)c4c3)cc12. The lowest BCUT2D eigenvalue weighted by molar-refractivity contribution is -0.130. The van der Waals surface area contributed by atoms with E-state index in [9.17, 15) is 4.79 Å². The summed E-state index contributed by atoms with van der Waals surface area (Å²) >= 11 is 6.23. The molecule has 0 atom stereocenters. The molecular formula is C19H20ClN5O. The molecule has 1 N–H and O–H groups in total. The van der Waals surface area contributed by atoms with Crippen LogP contribution in [0.15, 0.2) is 24.5 Å². The first kappa shape index (κ1) is 15.9. The zero-order valence-electron chi connectivity index (χ0n) is 14.6. The van der Waals surface area contributed by atoms with Crippen LogP contribution in [0.3, 0.4) is 0 Å². The van der Waals surface area contributed by atoms with E-state index in [1.54, 1.807) is 13.1 Å². The van der Waals surface area contributed by atoms with Crippen molar-refractivity contribution < 1.29 is 4.79 Å². The molecular weight excluding hydrogens is 350 g/mol. The molecule has 0 aromatic carbocycles. The highest BCUT2D eigenvalue weighted by Crippen LogP contribution is 2.44. The fourth-order valence-electron chi connectivity index (χ4n) is 4.47. The second kappa shape index (κ2) is 5.58. The Balaban J connectivity index is 1.49. The number of aryl methyl sites for hydroxylation is 1. The van der Waals surface area contributed by atoms with Crippen molar-refractivity contribution in [2.24, 2.45) is 0 Å². The summed E-state index contributed by atoms with van der Waals surface area (Å²) in [4.78, 5) is 21.1. The summed E-state index contributed by atoms with van der Waals surface area (Å²) in [5, 5.41) is 6.42. The van der Waals surface area contributed by atoms with Gasteiger partial charge < -0.3 is 9.88 Å². The molecule has 3 aromatic rings. The first-order valence-electron chi connectivity index (χ1n) is 9.03. The molecule has 0 bridgehead atoms. The summed E-state index contributed by atoms with van der Waals surface area (Å²) < 4.78 is 2.14. The number of piperidine rings is 1. The fraction of sp³-hybridized carbons (Fsp3) is 0.421. The van der Waals surface area contributed by atoms with Crippen LogP contribution in [0, 0.1) is 0 Å². The number of likely N-dealkylation sites (tertiary alicyclic amines) is 1. The number of aromatic nitrogens is 4. The van der Waals surface area contributed by atoms with Gasteiger partial charge in [-0.3, -0.25) is 9.48 Å². The molecule has 5 heterocycles. The van der Waals surface area contributed by atoms with E-state index in [-0.39, 0.29) is 11.3 Å². The van der Waals surface area contributed by atoms with E-state index in [0.717, 1.165) is 61.2 Å². The maximum Gasteiger partial charge on any atom is 0.219 e. The van der Waals surface area contributed by atoms with Crippen molar-refractivity contribution in [2.45, 2.75) is 38.1 Å². The largest absolute Gasteiger partial charge is 0.345 e. The van der Waals surface area contributed by atoms with Gasteiger partial charge in [0.2, 0.25) is 5.91 Å². The molecule has 3 aromatic heterocycles. The van der Waals surface area contributed by atoms with Crippen LogP contribution in [-0.2, 0) is 16.8 Å². The Morgan fingerprint density at radius 2 is 2.00 bits per heavy atom. The topological polar surface area (TPSA) is 66.8 Å². The Morgan fingerprint density at radius 1 is 1.23 bits per heavy atom. The number of aromatic amines is 1. The summed E-state index contributed by atoms with van der Waals surface area (Å²) in [6.07, 6.45) is 6.74. The number of H-pyrrole nitrogens is 1. The van der Waals surface area contributed by atoms with Gasteiger partial charge in [-0.1, -0.05) is 11.6 Å². The molecule has 134 valence electrons. The second-order valence-corrected chi connectivity index (χ2v) is 7.84. The number of nitrogens with zero attached hydrogens (tertiary/aromatic N) is 4. The summed E-state index contributed by atoms with van der Waals surface area (Å²) in [6, 6.07) is 4.25. The summed E-state index contributed by atoms with van der Waals surface area (Å²) in [5.74, 6) is 0.176. The molecule has 6 nitrogen and oxygen atoms in total. The Labute approximate surface area is 156 Å². The highest BCUT2D eigenvalue weighted by atomic mass is 35.5. The molecule has 1 saturated heterocycles. The maximum atomic E-state index is 11.6. The smallest absolute Gasteiger partial charge is 0.219 e. The molecule has 0 unspecified atom stereocenters. The van der Waals surface area contributed by atoms with Crippen LogP contribution in [-0.4, -0.2) is 43.6 Å². The first-order valence-corrected chi connectivity index (χ1v) is 9.40. The van der Waals surface area contributed by atoms with Crippen molar-refractivity contribution in [3.8, 4) is 11.3 Å². The lowest BCUT2D eigenvalue weighted by Gasteiger charge is -2.38. The minimum absolute atomic E-state index is 0.153. The third-order valence-corrected chi connectivity index (χ3v) is 6.38. The number of carbonyl (C=O) groups excluding carboxylic acids is 1. The Morgan fingerprint density at radius 3 is 2.77 bits per heavy atom. The average Bonchev–Trinajstić information content (AvgIpc) is 3.32. The summed E-state index contributed by atoms with van der Waals surface area (Å²) in [7, 11) is 0. The van der Waals surface area contributed by atoms with Crippen LogP contribution in [0.2, 0.25) is 5.02 Å². The van der Waals surface area contributed by atoms with Gasteiger partial charge in [-0.15, -0.1) is 0 Å². The van der Waals surface area contributed by atoms with Gasteiger partial charge in [0.1, 0.15) is 5.65 Å². The van der Waals surface area contributed by atoms with Crippen molar-refractivity contribution in [1.29, 1.82) is 0 Å². The third-order valence-electron chi connectivity index (χ3n) is 6.07. The number of rotatable bonds is 1. The molecule has 0 aliphatic carbocycles. The zero-order valence-corrected chi connectivity index (χ0v) is 15.4. The molecule has 2 aliphatic rings. The Bertz CT molecular complexity index is 1010. The summed E-state index contributed by atoms with van der Waals surface area (Å²) in [5.41, 5.74) is 4.17. The number of halogens is 1. The first-order chi connectivity index (χ1) is 12.6. The van der Waals surface area contributed by atoms with Crippen LogP contribution >= 0.6 is 11.6 Å². The summed E-state index contributed by atoms with van der Waals surface area (Å²) in [6.45, 7) is 4.27. The molecule has 1 amide bonds. The van der Waals surface area contributed by atoms with Crippen LogP contribution in [0.25, 0.3) is 22.3 Å². The van der Waals surface area contributed by atoms with E-state index in [1.165, 1.54) is 5.69 Å². The quantitative estimate of drug-likeness (QED) is 0.715. The average molecular weight is 370 g/mol. The number of hydrogen-bond donors (Lipinski definition) is 1. The fourth-order valence-corrected chi connectivity index (χ4v) is 4.67. The van der Waals surface area contributed by atoms with Crippen LogP contribution < -0.4 is 0 Å². The predicted octanol–water partition coefficient (Wildman–Crippen LogP) is 3.36. The van der Waals surface area contributed by atoms with E-state index in [1.807, 2.05) is 17.2 Å². The Hall–Kier alpha value is -2.34. The monoisotopic (exact) mass is 369 g/mol. The number of carbonyl (C=O) groups is 1. The van der Waals surface area contributed by atoms with E-state index < -0.39 is 0 Å². The van der Waals surface area contributed by atoms with Gasteiger partial charge in [-0.05, 0) is 31.4 Å². The highest BCUT2D eigenvalue weighted by molar-refractivity contribution is 6.35. The third kappa shape index (κ3) is 2.28. The van der Waals surface area contributed by atoms with E-state index in [4.69, 9.17) is 16.7 Å². The van der Waals surface area contributed by atoms with Gasteiger partial charge in [0.15, 0.2) is 0 Å². The molecule has 7 heteroatoms. The molecule has 1 fully saturated rings. The highest BCUT2D eigenvalue weighted by Gasteiger charge is 2.43. The van der Waals surface area contributed by atoms with Crippen LogP contribution in [0.1, 0.15) is 31.9 Å². The van der Waals surface area contributed by atoms with Gasteiger partial charge in [0.25, 0.3) is 0 Å². The van der Waals surface area contributed by atoms with E-state index in [0.29, 0.717) is 5.02 Å². The van der Waals surface area contributed by atoms with E-state index >= 15 is 0 Å². The minimum Gasteiger partial charge on any atom is -0.345 e. The molecule has 26 heavy (non-hydrogen) atoms. The van der Waals surface area contributed by atoms with Gasteiger partial charge in [-0.25, -0.2) is 4.98 Å². The van der Waals surface area contributed by atoms with Gasteiger partial charge >= 0.3 is 0 Å². The van der Waals surface area contributed by atoms with Gasteiger partial charge in [-0.2, -0.15) is 5.10 Å². The lowest BCUT2D eigenvalue weighted by atomic mass is 9.74. The Kier molecular flexibility index (Phi) is 3.41. The second-order valence-electron chi connectivity index (χ2n) is 7.43. The maximum absolute atomic E-state index is 11.6. The van der Waals surface area contributed by atoms with Crippen molar-refractivity contribution in [1.82, 2.24) is 24.6 Å². The van der Waals surface area contributed by atoms with Crippen molar-refractivity contribution in [3.05, 3.63) is 35.2 Å². The minimum atomic E-state index is 0.153. The molecule has 0 radical (unpaired) electrons. The van der Waals surface area contributed by atoms with Crippen molar-refractivity contribution >= 4 is 28.5 Å². The van der Waals surface area contributed by atoms with E-state index in [2.05, 4.69) is 20.7 Å². The normalized spacial score (nSPS) is 18.6. The van der Waals surface area contributed by atoms with Gasteiger partial charge in [0, 0.05) is 61.0 Å². The number of amides is 1. The number of hydrogen-bond acceptors (Lipinski definition) is 3. The van der Waals surface area contributed by atoms with Crippen LogP contribution in [0.4, 0.5) is 0 Å². The van der Waals surface area contributed by atoms with Crippen LogP contribution in [0.5, 0.6) is 0 Å². The molecule has 2 aliphatic heterocycles. The van der Waals surface area contributed by atoms with Crippen molar-refractivity contribution in [2.75, 3.05) is 13.1 Å². The number of fused-ring (bicyclic) bond motifs is 3. The molecule has 5 rings (SSSR count). The lowest BCUT2D eigenvalue weighted by Crippen LogP contribution is -2.43. The number of nitrogens with one attached hydrogen (secondary N) is 1. The van der Waals surface area contributed by atoms with Gasteiger partial charge in [0.05, 0.1) is 10.7 Å². The standard InChI is InChI=1S/C19H20ClN5O/c1-12(26)24-5-2-19(3-6-24)4-7-25-17(19)9-16(23-25)13-8-14-15(20)11-22-18(14)21-10-13/h8-11H,2-7H2,1H3,(H,21,22). The molecule has 1 spiro atoms. The number of pyridine rings is 1. The van der Waals surface area contributed by atoms with Crippen molar-refractivity contribution in [3.63, 3.8) is 0 Å². The zero-order chi connectivity index (χ0) is 17.9.